The van der Waals surface area contributed by atoms with Gasteiger partial charge in [-0.15, -0.1) is 0 Å². The van der Waals surface area contributed by atoms with Crippen molar-refractivity contribution in [3.05, 3.63) is 78.7 Å². The maximum absolute atomic E-state index is 12.7. The Hall–Kier alpha value is -4.60. The molecule has 10 nitrogen and oxygen atoms in total. The van der Waals surface area contributed by atoms with Gasteiger partial charge in [0, 0.05) is 64.6 Å². The van der Waals surface area contributed by atoms with Gasteiger partial charge in [-0.25, -0.2) is 0 Å². The topological polar surface area (TPSA) is 164 Å². The zero-order valence-electron chi connectivity index (χ0n) is 28.5. The lowest BCUT2D eigenvalue weighted by molar-refractivity contribution is -0.138. The highest BCUT2D eigenvalue weighted by atomic mass is 16.4. The number of aliphatic carboxylic acids is 2. The summed E-state index contributed by atoms with van der Waals surface area (Å²) in [4.78, 5) is 55.7. The molecule has 0 unspecified atom stereocenters. The molecule has 0 aromatic carbocycles. The Balaban J connectivity index is 1.76. The maximum atomic E-state index is 12.7. The molecule has 2 amide bonds. The minimum absolute atomic E-state index is 0.0445. The van der Waals surface area contributed by atoms with E-state index in [0.29, 0.717) is 32.1 Å². The zero-order chi connectivity index (χ0) is 34.4. The number of nitrogens with one attached hydrogen (secondary N) is 4. The quantitative estimate of drug-likeness (QED) is 0.121. The minimum Gasteiger partial charge on any atom is -0.481 e. The monoisotopic (exact) mass is 644 g/mol. The van der Waals surface area contributed by atoms with Gasteiger partial charge in [0.25, 0.3) is 11.8 Å². The summed E-state index contributed by atoms with van der Waals surface area (Å²) in [5.74, 6) is -1.95. The summed E-state index contributed by atoms with van der Waals surface area (Å²) in [5.41, 5.74) is 11.7. The number of aromatic nitrogens is 2. The molecule has 4 rings (SSSR count). The number of allylic oxidation sites excluding steroid dienone is 2. The van der Waals surface area contributed by atoms with E-state index in [4.69, 9.17) is 0 Å². The second-order valence-electron chi connectivity index (χ2n) is 12.6. The van der Waals surface area contributed by atoms with E-state index in [2.05, 4.69) is 34.4 Å². The van der Waals surface area contributed by atoms with E-state index in [-0.39, 0.29) is 24.7 Å². The van der Waals surface area contributed by atoms with Gasteiger partial charge in [-0.05, 0) is 112 Å². The molecule has 2 aromatic heterocycles. The van der Waals surface area contributed by atoms with Crippen LogP contribution in [0.15, 0.2) is 33.7 Å². The summed E-state index contributed by atoms with van der Waals surface area (Å²) < 4.78 is 0. The molecule has 47 heavy (non-hydrogen) atoms. The maximum Gasteiger partial charge on any atom is 0.303 e. The first-order valence-electron chi connectivity index (χ1n) is 16.7. The van der Waals surface area contributed by atoms with E-state index in [1.54, 1.807) is 0 Å². The second-order valence-corrected chi connectivity index (χ2v) is 12.6. The minimum atomic E-state index is -0.897. The van der Waals surface area contributed by atoms with Crippen LogP contribution in [-0.4, -0.2) is 43.9 Å². The average molecular weight is 645 g/mol. The molecule has 2 aliphatic heterocycles. The van der Waals surface area contributed by atoms with Crippen LogP contribution >= 0.6 is 0 Å². The number of carboxylic acid groups (broad SMARTS) is 2. The fourth-order valence-electron chi connectivity index (χ4n) is 6.48. The Kier molecular flexibility index (Phi) is 11.5. The van der Waals surface area contributed by atoms with Crippen molar-refractivity contribution in [1.82, 2.24) is 20.6 Å². The molecular weight excluding hydrogens is 596 g/mol. The Bertz CT molecular complexity index is 1590. The summed E-state index contributed by atoms with van der Waals surface area (Å²) >= 11 is 0. The van der Waals surface area contributed by atoms with Crippen molar-refractivity contribution in [2.45, 2.75) is 112 Å². The van der Waals surface area contributed by atoms with Crippen LogP contribution in [0.2, 0.25) is 0 Å². The number of unbranched alkanes of at least 4 members (excludes halogenated alkanes) is 2. The van der Waals surface area contributed by atoms with Crippen LogP contribution in [0.1, 0.15) is 124 Å². The number of carbonyl (C=O) groups excluding carboxylic acids is 2. The van der Waals surface area contributed by atoms with Gasteiger partial charge in [-0.2, -0.15) is 0 Å². The Morgan fingerprint density at radius 3 is 1.36 bits per heavy atom. The van der Waals surface area contributed by atoms with Gasteiger partial charge in [-0.1, -0.05) is 26.7 Å². The van der Waals surface area contributed by atoms with E-state index < -0.39 is 11.9 Å². The first-order valence-corrected chi connectivity index (χ1v) is 16.7. The van der Waals surface area contributed by atoms with E-state index in [9.17, 15) is 29.4 Å². The van der Waals surface area contributed by atoms with Gasteiger partial charge in [0.05, 0.1) is 0 Å². The predicted molar refractivity (Wildman–Crippen MR) is 182 cm³/mol. The molecule has 0 saturated carbocycles. The molecule has 0 saturated heterocycles. The van der Waals surface area contributed by atoms with Gasteiger partial charge in [0.1, 0.15) is 0 Å². The highest BCUT2D eigenvalue weighted by Crippen LogP contribution is 2.32. The van der Waals surface area contributed by atoms with E-state index in [1.807, 2.05) is 39.8 Å². The number of H-pyrrole nitrogens is 2. The van der Waals surface area contributed by atoms with Crippen LogP contribution in [0.4, 0.5) is 0 Å². The van der Waals surface area contributed by atoms with Gasteiger partial charge in [-0.3, -0.25) is 19.2 Å². The van der Waals surface area contributed by atoms with Crippen molar-refractivity contribution < 1.29 is 29.4 Å². The molecule has 0 fully saturated rings. The molecule has 0 aliphatic carbocycles. The molecular formula is C37H48N4O6. The summed E-state index contributed by atoms with van der Waals surface area (Å²) in [5, 5.41) is 25.0. The Morgan fingerprint density at radius 2 is 1.02 bits per heavy atom. The Morgan fingerprint density at radius 1 is 0.638 bits per heavy atom. The summed E-state index contributed by atoms with van der Waals surface area (Å²) in [6, 6.07) is 0. The van der Waals surface area contributed by atoms with E-state index in [0.717, 1.165) is 104 Å². The number of rotatable bonds is 16. The molecule has 10 heteroatoms. The first-order chi connectivity index (χ1) is 22.4. The molecule has 252 valence electrons. The van der Waals surface area contributed by atoms with Crippen LogP contribution in [0.25, 0.3) is 12.2 Å². The highest BCUT2D eigenvalue weighted by molar-refractivity contribution is 6.02. The molecule has 6 N–H and O–H groups in total. The molecule has 4 heterocycles. The predicted octanol–water partition coefficient (Wildman–Crippen LogP) is 6.54. The normalized spacial score (nSPS) is 16.6. The molecule has 0 bridgehead atoms. The van der Waals surface area contributed by atoms with Crippen LogP contribution in [-0.2, 0) is 38.4 Å². The lowest BCUT2D eigenvalue weighted by Gasteiger charge is -2.07. The van der Waals surface area contributed by atoms with Crippen molar-refractivity contribution in [3.8, 4) is 0 Å². The first kappa shape index (κ1) is 35.3. The number of carbonyl (C=O) groups is 4. The van der Waals surface area contributed by atoms with E-state index in [1.165, 1.54) is 0 Å². The van der Waals surface area contributed by atoms with Crippen LogP contribution < -0.4 is 10.6 Å². The fraction of sp³-hybridized carbons (Fsp3) is 0.459. The number of amides is 2. The molecule has 2 aliphatic rings. The molecule has 2 aromatic rings. The SMILES string of the molecule is CCCCC1=C(C)/C(=C/c2[nH]c(Cc3[nH]c(/C=C4/NC(=O)C(CCCC)=C4C)c(C)c3CCC(=O)O)c(CCC(=O)O)c2C)NC1=O. The number of carboxylic acids is 2. The lowest BCUT2D eigenvalue weighted by Crippen LogP contribution is -2.16. The fourth-order valence-corrected chi connectivity index (χ4v) is 6.48. The van der Waals surface area contributed by atoms with Crippen LogP contribution in [0.5, 0.6) is 0 Å². The molecule has 0 radical (unpaired) electrons. The average Bonchev–Trinajstić information content (AvgIpc) is 3.65. The van der Waals surface area contributed by atoms with Gasteiger partial charge in [0.2, 0.25) is 0 Å². The second kappa shape index (κ2) is 15.3. The van der Waals surface area contributed by atoms with Crippen LogP contribution in [0.3, 0.4) is 0 Å². The summed E-state index contributed by atoms with van der Waals surface area (Å²) in [7, 11) is 0. The standard InChI is InChI=1S/C37H48N4O6/c1-7-9-11-26-22(5)30(40-36(26)46)17-28-20(3)24(13-15-34(42)43)32(38-28)19-33-25(14-16-35(44)45)21(4)29(39-33)18-31-23(6)27(12-10-8-2)37(47)41-31/h17-18,38-39H,7-16,19H2,1-6H3,(H,40,46)(H,41,47)(H,42,43)(H,44,45)/b30-17-,31-18+. The number of hydrogen-bond acceptors (Lipinski definition) is 4. The van der Waals surface area contributed by atoms with Crippen molar-refractivity contribution in [1.29, 1.82) is 0 Å². The third kappa shape index (κ3) is 8.04. The smallest absolute Gasteiger partial charge is 0.303 e. The van der Waals surface area contributed by atoms with Crippen molar-refractivity contribution in [3.63, 3.8) is 0 Å². The summed E-state index contributed by atoms with van der Waals surface area (Å²) in [6.45, 7) is 12.0. The van der Waals surface area contributed by atoms with Gasteiger partial charge < -0.3 is 30.8 Å². The lowest BCUT2D eigenvalue weighted by atomic mass is 9.98. The van der Waals surface area contributed by atoms with Crippen molar-refractivity contribution in [2.75, 3.05) is 0 Å². The van der Waals surface area contributed by atoms with Gasteiger partial charge >= 0.3 is 11.9 Å². The number of aromatic amines is 2. The van der Waals surface area contributed by atoms with Crippen LogP contribution in [0, 0.1) is 13.8 Å². The third-order valence-electron chi connectivity index (χ3n) is 9.44. The molecule has 0 atom stereocenters. The molecule has 0 spiro atoms. The van der Waals surface area contributed by atoms with Gasteiger partial charge in [0.15, 0.2) is 0 Å². The highest BCUT2D eigenvalue weighted by Gasteiger charge is 2.27. The van der Waals surface area contributed by atoms with E-state index >= 15 is 0 Å². The summed E-state index contributed by atoms with van der Waals surface area (Å²) in [6.07, 6.45) is 10.1. The largest absolute Gasteiger partial charge is 0.481 e. The Labute approximate surface area is 276 Å². The third-order valence-corrected chi connectivity index (χ3v) is 9.44. The van der Waals surface area contributed by atoms with Crippen molar-refractivity contribution >= 4 is 35.9 Å². The van der Waals surface area contributed by atoms with Crippen molar-refractivity contribution in [2.24, 2.45) is 0 Å². The number of hydrogen-bond donors (Lipinski definition) is 6. The zero-order valence-corrected chi connectivity index (χ0v) is 28.5.